The van der Waals surface area contributed by atoms with E-state index < -0.39 is 10.0 Å². The van der Waals surface area contributed by atoms with Crippen LogP contribution in [0.4, 0.5) is 0 Å². The molecule has 3 heterocycles. The summed E-state index contributed by atoms with van der Waals surface area (Å²) in [6, 6.07) is 19.5. The van der Waals surface area contributed by atoms with Crippen molar-refractivity contribution in [2.75, 3.05) is 12.8 Å². The Hall–Kier alpha value is -2.06. The van der Waals surface area contributed by atoms with Gasteiger partial charge in [-0.1, -0.05) is 36.4 Å². The van der Waals surface area contributed by atoms with Crippen molar-refractivity contribution in [2.45, 2.75) is 21.6 Å². The van der Waals surface area contributed by atoms with Gasteiger partial charge in [-0.2, -0.15) is 4.31 Å². The molecule has 2 aromatic heterocycles. The minimum atomic E-state index is -3.59. The molecule has 1 aliphatic heterocycles. The number of nitrogens with one attached hydrogen (secondary N) is 1. The SMILES string of the molecule is CSc1ccc([C@@H]2c3[nH]c4ccccc4c3CCN2S(=O)(=O)c2cccs2)cc1. The van der Waals surface area contributed by atoms with Gasteiger partial charge in [0.15, 0.2) is 0 Å². The average molecular weight is 441 g/mol. The van der Waals surface area contributed by atoms with Crippen molar-refractivity contribution < 1.29 is 8.42 Å². The third-order valence-electron chi connectivity index (χ3n) is 5.48. The first-order valence-electron chi connectivity index (χ1n) is 9.38. The predicted molar refractivity (Wildman–Crippen MR) is 120 cm³/mol. The van der Waals surface area contributed by atoms with Crippen LogP contribution >= 0.6 is 23.1 Å². The van der Waals surface area contributed by atoms with E-state index in [1.807, 2.05) is 35.9 Å². The van der Waals surface area contributed by atoms with E-state index in [1.54, 1.807) is 28.2 Å². The summed E-state index contributed by atoms with van der Waals surface area (Å²) in [7, 11) is -3.59. The highest BCUT2D eigenvalue weighted by molar-refractivity contribution is 7.98. The molecule has 0 saturated carbocycles. The molecule has 1 atom stereocenters. The van der Waals surface area contributed by atoms with Crippen LogP contribution in [-0.2, 0) is 16.4 Å². The lowest BCUT2D eigenvalue weighted by molar-refractivity contribution is 0.341. The number of hydrogen-bond donors (Lipinski definition) is 1. The average Bonchev–Trinajstić information content (AvgIpc) is 3.41. The van der Waals surface area contributed by atoms with E-state index in [9.17, 15) is 8.42 Å². The molecule has 0 radical (unpaired) electrons. The maximum Gasteiger partial charge on any atom is 0.253 e. The van der Waals surface area contributed by atoms with Gasteiger partial charge in [-0.15, -0.1) is 23.1 Å². The number of thiophene rings is 1. The number of thioether (sulfide) groups is 1. The van der Waals surface area contributed by atoms with E-state index in [1.165, 1.54) is 22.3 Å². The minimum Gasteiger partial charge on any atom is -0.357 e. The number of rotatable bonds is 4. The molecule has 5 rings (SSSR count). The number of hydrogen-bond acceptors (Lipinski definition) is 4. The minimum absolute atomic E-state index is 0.367. The van der Waals surface area contributed by atoms with E-state index in [-0.39, 0.29) is 6.04 Å². The first-order chi connectivity index (χ1) is 14.1. The summed E-state index contributed by atoms with van der Waals surface area (Å²) >= 11 is 2.95. The summed E-state index contributed by atoms with van der Waals surface area (Å²) in [4.78, 5) is 4.69. The fraction of sp³-hybridized carbons (Fsp3) is 0.182. The van der Waals surface area contributed by atoms with Gasteiger partial charge in [-0.05, 0) is 53.4 Å². The van der Waals surface area contributed by atoms with Crippen molar-refractivity contribution in [1.29, 1.82) is 0 Å². The van der Waals surface area contributed by atoms with Gasteiger partial charge in [0.05, 0.1) is 6.04 Å². The number of benzene rings is 2. The second-order valence-electron chi connectivity index (χ2n) is 7.04. The van der Waals surface area contributed by atoms with E-state index in [0.717, 1.165) is 21.7 Å². The molecule has 29 heavy (non-hydrogen) atoms. The first-order valence-corrected chi connectivity index (χ1v) is 12.9. The second-order valence-corrected chi connectivity index (χ2v) is 11.0. The Bertz CT molecular complexity index is 1260. The van der Waals surface area contributed by atoms with Gasteiger partial charge in [-0.3, -0.25) is 0 Å². The predicted octanol–water partition coefficient (Wildman–Crippen LogP) is 5.29. The number of H-pyrrole nitrogens is 1. The molecule has 0 unspecified atom stereocenters. The van der Waals surface area contributed by atoms with Gasteiger partial charge < -0.3 is 4.98 Å². The van der Waals surface area contributed by atoms with E-state index in [2.05, 4.69) is 29.2 Å². The molecule has 7 heteroatoms. The maximum atomic E-state index is 13.5. The number of para-hydroxylation sites is 1. The molecule has 4 aromatic rings. The highest BCUT2D eigenvalue weighted by atomic mass is 32.2. The number of nitrogens with zero attached hydrogens (tertiary/aromatic N) is 1. The lowest BCUT2D eigenvalue weighted by Gasteiger charge is -2.35. The normalized spacial score (nSPS) is 17.5. The smallest absolute Gasteiger partial charge is 0.253 e. The summed E-state index contributed by atoms with van der Waals surface area (Å²) in [5.74, 6) is 0. The van der Waals surface area contributed by atoms with Crippen LogP contribution in [0, 0.1) is 0 Å². The van der Waals surface area contributed by atoms with Crippen LogP contribution in [0.1, 0.15) is 22.9 Å². The van der Waals surface area contributed by atoms with E-state index >= 15 is 0 Å². The Balaban J connectivity index is 1.71. The Morgan fingerprint density at radius 3 is 2.59 bits per heavy atom. The van der Waals surface area contributed by atoms with Gasteiger partial charge in [0.2, 0.25) is 0 Å². The van der Waals surface area contributed by atoms with Crippen molar-refractivity contribution in [2.24, 2.45) is 0 Å². The molecular formula is C22H20N2O2S3. The van der Waals surface area contributed by atoms with Crippen molar-refractivity contribution in [3.8, 4) is 0 Å². The van der Waals surface area contributed by atoms with Crippen LogP contribution < -0.4 is 0 Å². The Morgan fingerprint density at radius 2 is 1.86 bits per heavy atom. The van der Waals surface area contributed by atoms with Crippen molar-refractivity contribution >= 4 is 44.0 Å². The zero-order valence-electron chi connectivity index (χ0n) is 15.8. The molecule has 1 aliphatic rings. The molecule has 2 aromatic carbocycles. The van der Waals surface area contributed by atoms with Crippen LogP contribution in [0.2, 0.25) is 0 Å². The number of fused-ring (bicyclic) bond motifs is 3. The van der Waals surface area contributed by atoms with Crippen LogP contribution in [0.3, 0.4) is 0 Å². The maximum absolute atomic E-state index is 13.5. The van der Waals surface area contributed by atoms with Crippen LogP contribution in [0.5, 0.6) is 0 Å². The molecular weight excluding hydrogens is 420 g/mol. The topological polar surface area (TPSA) is 53.2 Å². The number of sulfonamides is 1. The molecule has 0 fully saturated rings. The summed E-state index contributed by atoms with van der Waals surface area (Å²) in [6.45, 7) is 0.462. The summed E-state index contributed by atoms with van der Waals surface area (Å²) in [5, 5.41) is 2.99. The summed E-state index contributed by atoms with van der Waals surface area (Å²) in [5.41, 5.74) is 4.24. The zero-order chi connectivity index (χ0) is 20.0. The van der Waals surface area contributed by atoms with Crippen molar-refractivity contribution in [3.63, 3.8) is 0 Å². The number of aromatic amines is 1. The van der Waals surface area contributed by atoms with Gasteiger partial charge in [-0.25, -0.2) is 8.42 Å². The van der Waals surface area contributed by atoms with Crippen molar-refractivity contribution in [3.05, 3.63) is 82.9 Å². The molecule has 0 spiro atoms. The highest BCUT2D eigenvalue weighted by Gasteiger charge is 2.39. The van der Waals surface area contributed by atoms with Crippen LogP contribution in [0.15, 0.2) is 75.1 Å². The molecule has 148 valence electrons. The van der Waals surface area contributed by atoms with Gasteiger partial charge in [0.1, 0.15) is 4.21 Å². The van der Waals surface area contributed by atoms with Gasteiger partial charge in [0, 0.05) is 28.0 Å². The lowest BCUT2D eigenvalue weighted by atomic mass is 9.94. The van der Waals surface area contributed by atoms with E-state index in [0.29, 0.717) is 17.2 Å². The largest absolute Gasteiger partial charge is 0.357 e. The number of aromatic nitrogens is 1. The molecule has 0 amide bonds. The third-order valence-corrected chi connectivity index (χ3v) is 9.46. The van der Waals surface area contributed by atoms with Crippen molar-refractivity contribution in [1.82, 2.24) is 9.29 Å². The Morgan fingerprint density at radius 1 is 1.07 bits per heavy atom. The lowest BCUT2D eigenvalue weighted by Crippen LogP contribution is -2.40. The van der Waals surface area contributed by atoms with Crippen LogP contribution in [0.25, 0.3) is 10.9 Å². The molecule has 4 nitrogen and oxygen atoms in total. The quantitative estimate of drug-likeness (QED) is 0.439. The van der Waals surface area contributed by atoms with Gasteiger partial charge in [0.25, 0.3) is 10.0 Å². The Kier molecular flexibility index (Phi) is 4.78. The van der Waals surface area contributed by atoms with Gasteiger partial charge >= 0.3 is 0 Å². The zero-order valence-corrected chi connectivity index (χ0v) is 18.3. The molecule has 0 saturated heterocycles. The van der Waals surface area contributed by atoms with Crippen LogP contribution in [-0.4, -0.2) is 30.5 Å². The second kappa shape index (κ2) is 7.32. The highest BCUT2D eigenvalue weighted by Crippen LogP contribution is 2.41. The third kappa shape index (κ3) is 3.13. The Labute approximate surface area is 178 Å². The standard InChI is InChI=1S/C22H20N2O2S3/c1-27-16-10-8-15(9-11-16)22-21-18(17-5-2-3-6-19(17)23-21)12-13-24(22)29(25,26)20-7-4-14-28-20/h2-11,14,22-23H,12-13H2,1H3/t22-/m1/s1. The molecule has 0 bridgehead atoms. The summed E-state index contributed by atoms with van der Waals surface area (Å²) < 4.78 is 29.0. The fourth-order valence-corrected chi connectivity index (χ4v) is 7.24. The molecule has 0 aliphatic carbocycles. The first kappa shape index (κ1) is 18.9. The summed E-state index contributed by atoms with van der Waals surface area (Å²) in [6.07, 6.45) is 2.74. The molecule has 1 N–H and O–H groups in total. The fourth-order valence-electron chi connectivity index (χ4n) is 4.12. The van der Waals surface area contributed by atoms with E-state index in [4.69, 9.17) is 0 Å². The monoisotopic (exact) mass is 440 g/mol.